The highest BCUT2D eigenvalue weighted by atomic mass is 19.1. The number of aromatic hydroxyl groups is 1. The molecule has 0 amide bonds. The van der Waals surface area contributed by atoms with Crippen LogP contribution in [0.15, 0.2) is 18.2 Å². The molecule has 2 rings (SSSR count). The molecule has 2 atom stereocenters. The van der Waals surface area contributed by atoms with Gasteiger partial charge in [-0.1, -0.05) is 32.3 Å². The molecule has 1 aromatic carbocycles. The van der Waals surface area contributed by atoms with E-state index < -0.39 is 5.82 Å². The van der Waals surface area contributed by atoms with Gasteiger partial charge in [0.25, 0.3) is 0 Å². The van der Waals surface area contributed by atoms with E-state index in [1.165, 1.54) is 44.2 Å². The number of phenolic OH excluding ortho intramolecular Hbond substituents is 1. The molecule has 0 aromatic heterocycles. The minimum Gasteiger partial charge on any atom is -0.505 e. The van der Waals surface area contributed by atoms with Crippen molar-refractivity contribution in [3.05, 3.63) is 29.6 Å². The second-order valence-electron chi connectivity index (χ2n) is 5.39. The third-order valence-corrected chi connectivity index (χ3v) is 3.94. The first-order valence-corrected chi connectivity index (χ1v) is 6.87. The van der Waals surface area contributed by atoms with Crippen LogP contribution in [0.1, 0.15) is 44.6 Å². The first-order valence-electron chi connectivity index (χ1n) is 6.87. The molecule has 1 fully saturated rings. The van der Waals surface area contributed by atoms with E-state index in [4.69, 9.17) is 5.11 Å². The van der Waals surface area contributed by atoms with E-state index in [0.717, 1.165) is 5.56 Å². The largest absolute Gasteiger partial charge is 0.505 e. The molecule has 0 saturated heterocycles. The zero-order valence-corrected chi connectivity index (χ0v) is 11.0. The standard InChI is InChI=1S/C15H22FNO/c1-11-5-3-2-4-6-14(11)17-10-12-7-8-15(18)13(16)9-12/h7-9,11,14,17-18H,2-6,10H2,1H3. The van der Waals surface area contributed by atoms with Crippen LogP contribution in [-0.4, -0.2) is 11.1 Å². The second kappa shape index (κ2) is 6.19. The van der Waals surface area contributed by atoms with E-state index in [-0.39, 0.29) is 5.75 Å². The van der Waals surface area contributed by atoms with Crippen molar-refractivity contribution in [1.29, 1.82) is 0 Å². The first kappa shape index (κ1) is 13.3. The summed E-state index contributed by atoms with van der Waals surface area (Å²) in [5.41, 5.74) is 0.891. The lowest BCUT2D eigenvalue weighted by Crippen LogP contribution is -2.33. The van der Waals surface area contributed by atoms with Gasteiger partial charge in [-0.2, -0.15) is 0 Å². The second-order valence-corrected chi connectivity index (χ2v) is 5.39. The molecule has 0 radical (unpaired) electrons. The fourth-order valence-electron chi connectivity index (χ4n) is 2.71. The van der Waals surface area contributed by atoms with Crippen molar-refractivity contribution in [1.82, 2.24) is 5.32 Å². The molecule has 2 N–H and O–H groups in total. The number of benzene rings is 1. The number of hydrogen-bond donors (Lipinski definition) is 2. The number of hydrogen-bond acceptors (Lipinski definition) is 2. The Labute approximate surface area is 108 Å². The Kier molecular flexibility index (Phi) is 4.59. The van der Waals surface area contributed by atoms with Crippen molar-refractivity contribution in [2.45, 2.75) is 51.6 Å². The van der Waals surface area contributed by atoms with Crippen molar-refractivity contribution < 1.29 is 9.50 Å². The van der Waals surface area contributed by atoms with Crippen molar-refractivity contribution in [2.75, 3.05) is 0 Å². The zero-order valence-electron chi connectivity index (χ0n) is 11.0. The number of phenols is 1. The lowest BCUT2D eigenvalue weighted by Gasteiger charge is -2.23. The molecule has 18 heavy (non-hydrogen) atoms. The highest BCUT2D eigenvalue weighted by molar-refractivity contribution is 5.27. The number of rotatable bonds is 3. The third kappa shape index (κ3) is 3.45. The summed E-state index contributed by atoms with van der Waals surface area (Å²) in [4.78, 5) is 0. The van der Waals surface area contributed by atoms with Gasteiger partial charge >= 0.3 is 0 Å². The molecule has 1 aromatic rings. The Balaban J connectivity index is 1.91. The third-order valence-electron chi connectivity index (χ3n) is 3.94. The van der Waals surface area contributed by atoms with Gasteiger partial charge in [-0.25, -0.2) is 4.39 Å². The fraction of sp³-hybridized carbons (Fsp3) is 0.600. The number of nitrogens with one attached hydrogen (secondary N) is 1. The Hall–Kier alpha value is -1.09. The Bertz CT molecular complexity index is 394. The van der Waals surface area contributed by atoms with E-state index in [0.29, 0.717) is 18.5 Å². The van der Waals surface area contributed by atoms with E-state index in [1.54, 1.807) is 6.07 Å². The maximum Gasteiger partial charge on any atom is 0.165 e. The molecule has 1 saturated carbocycles. The summed E-state index contributed by atoms with van der Waals surface area (Å²) >= 11 is 0. The summed E-state index contributed by atoms with van der Waals surface area (Å²) < 4.78 is 13.2. The van der Waals surface area contributed by atoms with E-state index in [9.17, 15) is 4.39 Å². The van der Waals surface area contributed by atoms with E-state index in [1.807, 2.05) is 0 Å². The summed E-state index contributed by atoms with van der Waals surface area (Å²) in [6.07, 6.45) is 6.43. The average molecular weight is 251 g/mol. The lowest BCUT2D eigenvalue weighted by atomic mass is 9.97. The monoisotopic (exact) mass is 251 g/mol. The minimum absolute atomic E-state index is 0.276. The topological polar surface area (TPSA) is 32.3 Å². The lowest BCUT2D eigenvalue weighted by molar-refractivity contribution is 0.355. The predicted molar refractivity (Wildman–Crippen MR) is 70.9 cm³/mol. The van der Waals surface area contributed by atoms with Crippen LogP contribution in [0.2, 0.25) is 0 Å². The molecule has 3 heteroatoms. The summed E-state index contributed by atoms with van der Waals surface area (Å²) in [5, 5.41) is 12.7. The van der Waals surface area contributed by atoms with Crippen LogP contribution in [0, 0.1) is 11.7 Å². The van der Waals surface area contributed by atoms with Gasteiger partial charge in [0.1, 0.15) is 0 Å². The molecular formula is C15H22FNO. The summed E-state index contributed by atoms with van der Waals surface area (Å²) in [5.74, 6) is -0.126. The van der Waals surface area contributed by atoms with Crippen LogP contribution in [0.4, 0.5) is 4.39 Å². The molecule has 1 aliphatic rings. The minimum atomic E-state index is -0.539. The van der Waals surface area contributed by atoms with Crippen LogP contribution >= 0.6 is 0 Å². The van der Waals surface area contributed by atoms with Crippen LogP contribution < -0.4 is 5.32 Å². The van der Waals surface area contributed by atoms with Crippen molar-refractivity contribution in [2.24, 2.45) is 5.92 Å². The average Bonchev–Trinajstić information content (AvgIpc) is 2.56. The normalized spacial score (nSPS) is 24.8. The first-order chi connectivity index (χ1) is 8.66. The predicted octanol–water partition coefficient (Wildman–Crippen LogP) is 3.59. The molecule has 2 nitrogen and oxygen atoms in total. The van der Waals surface area contributed by atoms with Crippen molar-refractivity contribution in [3.63, 3.8) is 0 Å². The van der Waals surface area contributed by atoms with E-state index in [2.05, 4.69) is 12.2 Å². The van der Waals surface area contributed by atoms with Crippen LogP contribution in [0.5, 0.6) is 5.75 Å². The van der Waals surface area contributed by atoms with Crippen LogP contribution in [-0.2, 0) is 6.54 Å². The van der Waals surface area contributed by atoms with Gasteiger partial charge in [0.2, 0.25) is 0 Å². The molecule has 0 bridgehead atoms. The SMILES string of the molecule is CC1CCCCCC1NCc1ccc(O)c(F)c1. The smallest absolute Gasteiger partial charge is 0.165 e. The van der Waals surface area contributed by atoms with Gasteiger partial charge in [0.05, 0.1) is 0 Å². The summed E-state index contributed by atoms with van der Waals surface area (Å²) in [6.45, 7) is 2.96. The number of halogens is 1. The molecule has 0 heterocycles. The summed E-state index contributed by atoms with van der Waals surface area (Å²) in [6, 6.07) is 5.13. The summed E-state index contributed by atoms with van der Waals surface area (Å²) in [7, 11) is 0. The molecule has 100 valence electrons. The van der Waals surface area contributed by atoms with Crippen molar-refractivity contribution >= 4 is 0 Å². The van der Waals surface area contributed by atoms with Crippen LogP contribution in [0.3, 0.4) is 0 Å². The quantitative estimate of drug-likeness (QED) is 0.805. The van der Waals surface area contributed by atoms with Gasteiger partial charge in [-0.15, -0.1) is 0 Å². The molecule has 0 spiro atoms. The van der Waals surface area contributed by atoms with Gasteiger partial charge in [-0.05, 0) is 36.5 Å². The maximum absolute atomic E-state index is 13.2. The van der Waals surface area contributed by atoms with E-state index >= 15 is 0 Å². The molecule has 1 aliphatic carbocycles. The van der Waals surface area contributed by atoms with Crippen LogP contribution in [0.25, 0.3) is 0 Å². The zero-order chi connectivity index (χ0) is 13.0. The molecule has 2 unspecified atom stereocenters. The maximum atomic E-state index is 13.2. The van der Waals surface area contributed by atoms with Gasteiger partial charge in [0, 0.05) is 12.6 Å². The highest BCUT2D eigenvalue weighted by Gasteiger charge is 2.19. The molecule has 0 aliphatic heterocycles. The Morgan fingerprint density at radius 3 is 2.83 bits per heavy atom. The Morgan fingerprint density at radius 1 is 1.28 bits per heavy atom. The Morgan fingerprint density at radius 2 is 2.06 bits per heavy atom. The van der Waals surface area contributed by atoms with Gasteiger partial charge in [-0.3, -0.25) is 0 Å². The van der Waals surface area contributed by atoms with Gasteiger partial charge in [0.15, 0.2) is 11.6 Å². The van der Waals surface area contributed by atoms with Gasteiger partial charge < -0.3 is 10.4 Å². The fourth-order valence-corrected chi connectivity index (χ4v) is 2.71. The van der Waals surface area contributed by atoms with Crippen molar-refractivity contribution in [3.8, 4) is 5.75 Å². The highest BCUT2D eigenvalue weighted by Crippen LogP contribution is 2.23. The molecular weight excluding hydrogens is 229 g/mol.